The van der Waals surface area contributed by atoms with Crippen LogP contribution in [0.3, 0.4) is 0 Å². The maximum atomic E-state index is 14.7. The van der Waals surface area contributed by atoms with Crippen molar-refractivity contribution in [2.45, 2.75) is 26.0 Å². The van der Waals surface area contributed by atoms with Gasteiger partial charge in [-0.25, -0.2) is 18.4 Å². The number of aromatic nitrogens is 1. The van der Waals surface area contributed by atoms with E-state index in [1.54, 1.807) is 19.1 Å². The summed E-state index contributed by atoms with van der Waals surface area (Å²) in [5.74, 6) is -2.86. The Kier molecular flexibility index (Phi) is 9.73. The molecule has 2 atom stereocenters. The van der Waals surface area contributed by atoms with Crippen LogP contribution in [0, 0.1) is 11.6 Å². The second-order valence-corrected chi connectivity index (χ2v) is 8.16. The van der Waals surface area contributed by atoms with E-state index in [1.165, 1.54) is 19.3 Å². The number of hydrogen-bond acceptors (Lipinski definition) is 8. The van der Waals surface area contributed by atoms with E-state index in [2.05, 4.69) is 26.3 Å². The summed E-state index contributed by atoms with van der Waals surface area (Å²) in [6.07, 6.45) is 0.675. The fourth-order valence-electron chi connectivity index (χ4n) is 3.47. The molecule has 1 aliphatic heterocycles. The SMILES string of the molecule is CCOC(=O)NCC1CN(c2cc(F)c(NCCNC(=O)[C@@H](C)NC(=O)c3cccnc3)c(F)c2)C(=O)O1. The second kappa shape index (κ2) is 13.2. The zero-order chi connectivity index (χ0) is 27.7. The monoisotopic (exact) mass is 534 g/mol. The standard InChI is InChI=1S/C24H28F2N6O6/c1-3-37-23(35)30-12-17-13-32(24(36)38-17)16-9-18(25)20(19(26)10-16)28-7-8-29-21(33)14(2)31-22(34)15-5-4-6-27-11-15/h4-6,9-11,14,17,28H,3,7-8,12-13H2,1-2H3,(H,29,33)(H,30,35)(H,31,34)/t14-,17?/m1/s1. The minimum atomic E-state index is -0.954. The molecular weight excluding hydrogens is 506 g/mol. The molecule has 0 bridgehead atoms. The first kappa shape index (κ1) is 28.1. The van der Waals surface area contributed by atoms with Crippen LogP contribution in [0.2, 0.25) is 0 Å². The molecule has 1 aromatic carbocycles. The number of pyridine rings is 1. The first-order chi connectivity index (χ1) is 18.2. The molecule has 4 amide bonds. The Morgan fingerprint density at radius 3 is 2.61 bits per heavy atom. The Hall–Kier alpha value is -4.49. The number of rotatable bonds is 11. The minimum Gasteiger partial charge on any atom is -0.450 e. The average molecular weight is 535 g/mol. The smallest absolute Gasteiger partial charge is 0.414 e. The van der Waals surface area contributed by atoms with Gasteiger partial charge in [0.15, 0.2) is 11.6 Å². The maximum Gasteiger partial charge on any atom is 0.414 e. The Labute approximate surface area is 217 Å². The van der Waals surface area contributed by atoms with Gasteiger partial charge >= 0.3 is 12.2 Å². The molecule has 2 aromatic rings. The Balaban J connectivity index is 1.47. The summed E-state index contributed by atoms with van der Waals surface area (Å²) >= 11 is 0. The molecule has 0 saturated carbocycles. The number of ether oxygens (including phenoxy) is 2. The van der Waals surface area contributed by atoms with Crippen molar-refractivity contribution >= 4 is 35.4 Å². The summed E-state index contributed by atoms with van der Waals surface area (Å²) < 4.78 is 39.2. The molecule has 0 radical (unpaired) electrons. The lowest BCUT2D eigenvalue weighted by Crippen LogP contribution is -2.45. The van der Waals surface area contributed by atoms with E-state index in [0.717, 1.165) is 17.0 Å². The van der Waals surface area contributed by atoms with Gasteiger partial charge in [-0.3, -0.25) is 19.5 Å². The van der Waals surface area contributed by atoms with E-state index in [9.17, 15) is 28.0 Å². The third-order valence-corrected chi connectivity index (χ3v) is 5.35. The number of nitrogens with one attached hydrogen (secondary N) is 4. The van der Waals surface area contributed by atoms with Crippen molar-refractivity contribution < 1.29 is 37.4 Å². The van der Waals surface area contributed by atoms with Gasteiger partial charge in [0.2, 0.25) is 5.91 Å². The topological polar surface area (TPSA) is 151 Å². The molecule has 1 fully saturated rings. The third kappa shape index (κ3) is 7.51. The summed E-state index contributed by atoms with van der Waals surface area (Å²) in [5, 5.41) is 10.1. The van der Waals surface area contributed by atoms with Crippen molar-refractivity contribution in [2.24, 2.45) is 0 Å². The predicted molar refractivity (Wildman–Crippen MR) is 132 cm³/mol. The molecular formula is C24H28F2N6O6. The molecule has 2 heterocycles. The van der Waals surface area contributed by atoms with Gasteiger partial charge in [0.05, 0.1) is 30.9 Å². The second-order valence-electron chi connectivity index (χ2n) is 8.16. The van der Waals surface area contributed by atoms with Crippen LogP contribution in [0.15, 0.2) is 36.7 Å². The van der Waals surface area contributed by atoms with Gasteiger partial charge in [-0.2, -0.15) is 0 Å². The van der Waals surface area contributed by atoms with E-state index >= 15 is 0 Å². The van der Waals surface area contributed by atoms with E-state index in [0.29, 0.717) is 5.56 Å². The summed E-state index contributed by atoms with van der Waals surface area (Å²) in [6, 6.07) is 4.24. The van der Waals surface area contributed by atoms with Crippen LogP contribution in [0.4, 0.5) is 29.7 Å². The van der Waals surface area contributed by atoms with Crippen LogP contribution >= 0.6 is 0 Å². The zero-order valence-electron chi connectivity index (χ0n) is 20.8. The highest BCUT2D eigenvalue weighted by atomic mass is 19.1. The predicted octanol–water partition coefficient (Wildman–Crippen LogP) is 1.78. The van der Waals surface area contributed by atoms with Crippen LogP contribution in [0.25, 0.3) is 0 Å². The zero-order valence-corrected chi connectivity index (χ0v) is 20.8. The lowest BCUT2D eigenvalue weighted by molar-refractivity contribution is -0.122. The Bertz CT molecular complexity index is 1150. The van der Waals surface area contributed by atoms with Crippen LogP contribution < -0.4 is 26.2 Å². The lowest BCUT2D eigenvalue weighted by Gasteiger charge is -2.17. The van der Waals surface area contributed by atoms with Crippen molar-refractivity contribution in [3.8, 4) is 0 Å². The normalized spacial score (nSPS) is 15.3. The van der Waals surface area contributed by atoms with Crippen molar-refractivity contribution in [1.82, 2.24) is 20.9 Å². The molecule has 12 nitrogen and oxygen atoms in total. The van der Waals surface area contributed by atoms with E-state index in [4.69, 9.17) is 9.47 Å². The fraction of sp³-hybridized carbons (Fsp3) is 0.375. The molecule has 3 rings (SSSR count). The molecule has 38 heavy (non-hydrogen) atoms. The van der Waals surface area contributed by atoms with Crippen LogP contribution in [0.1, 0.15) is 24.2 Å². The molecule has 1 saturated heterocycles. The highest BCUT2D eigenvalue weighted by Gasteiger charge is 2.33. The number of carbonyl (C=O) groups excluding carboxylic acids is 4. The van der Waals surface area contributed by atoms with Crippen LogP contribution in [0.5, 0.6) is 0 Å². The molecule has 1 unspecified atom stereocenters. The van der Waals surface area contributed by atoms with E-state index < -0.39 is 53.5 Å². The number of amides is 4. The van der Waals surface area contributed by atoms with E-state index in [-0.39, 0.29) is 38.5 Å². The summed E-state index contributed by atoms with van der Waals surface area (Å²) in [4.78, 5) is 52.8. The van der Waals surface area contributed by atoms with Crippen molar-refractivity contribution in [3.63, 3.8) is 0 Å². The molecule has 204 valence electrons. The molecule has 0 aliphatic carbocycles. The molecule has 1 aliphatic rings. The molecule has 4 N–H and O–H groups in total. The van der Waals surface area contributed by atoms with Gasteiger partial charge in [0.1, 0.15) is 17.8 Å². The number of nitrogens with zero attached hydrogens (tertiary/aromatic N) is 2. The summed E-state index contributed by atoms with van der Waals surface area (Å²) in [7, 11) is 0. The summed E-state index contributed by atoms with van der Waals surface area (Å²) in [5.41, 5.74) is -0.191. The number of halogens is 2. The molecule has 1 aromatic heterocycles. The van der Waals surface area contributed by atoms with Gasteiger partial charge < -0.3 is 30.7 Å². The number of cyclic esters (lactones) is 1. The lowest BCUT2D eigenvalue weighted by atomic mass is 10.2. The van der Waals surface area contributed by atoms with Crippen molar-refractivity contribution in [1.29, 1.82) is 0 Å². The van der Waals surface area contributed by atoms with Crippen molar-refractivity contribution in [3.05, 3.63) is 53.9 Å². The fourth-order valence-corrected chi connectivity index (χ4v) is 3.47. The molecule has 0 spiro atoms. The van der Waals surface area contributed by atoms with Gasteiger partial charge in [-0.15, -0.1) is 0 Å². The largest absolute Gasteiger partial charge is 0.450 e. The third-order valence-electron chi connectivity index (χ3n) is 5.35. The number of hydrogen-bond donors (Lipinski definition) is 4. The average Bonchev–Trinajstić information content (AvgIpc) is 3.27. The van der Waals surface area contributed by atoms with Gasteiger partial charge in [0, 0.05) is 37.6 Å². The van der Waals surface area contributed by atoms with Gasteiger partial charge in [0.25, 0.3) is 5.91 Å². The number of carbonyl (C=O) groups is 4. The first-order valence-corrected chi connectivity index (χ1v) is 11.8. The minimum absolute atomic E-state index is 0.0141. The number of anilines is 2. The molecule has 14 heteroatoms. The number of alkyl carbamates (subject to hydrolysis) is 1. The van der Waals surface area contributed by atoms with Crippen molar-refractivity contribution in [2.75, 3.05) is 43.0 Å². The van der Waals surface area contributed by atoms with Crippen LogP contribution in [-0.4, -0.2) is 73.9 Å². The maximum absolute atomic E-state index is 14.7. The summed E-state index contributed by atoms with van der Waals surface area (Å²) in [6.45, 7) is 3.26. The van der Waals surface area contributed by atoms with E-state index in [1.807, 2.05) is 0 Å². The quantitative estimate of drug-likeness (QED) is 0.319. The Morgan fingerprint density at radius 1 is 1.21 bits per heavy atom. The number of benzene rings is 1. The highest BCUT2D eigenvalue weighted by Crippen LogP contribution is 2.28. The van der Waals surface area contributed by atoms with Crippen LogP contribution in [-0.2, 0) is 14.3 Å². The highest BCUT2D eigenvalue weighted by molar-refractivity contribution is 5.97. The van der Waals surface area contributed by atoms with Gasteiger partial charge in [-0.05, 0) is 26.0 Å². The Morgan fingerprint density at radius 2 is 1.95 bits per heavy atom. The van der Waals surface area contributed by atoms with Gasteiger partial charge in [-0.1, -0.05) is 0 Å². The first-order valence-electron chi connectivity index (χ1n) is 11.8.